The molecule has 5 heteroatoms. The molecule has 0 atom stereocenters. The molecule has 5 aliphatic rings. The van der Waals surface area contributed by atoms with Crippen LogP contribution in [0.1, 0.15) is 66.6 Å². The summed E-state index contributed by atoms with van der Waals surface area (Å²) in [6.45, 7) is 6.34. The van der Waals surface area contributed by atoms with E-state index in [0.717, 1.165) is 40.3 Å². The number of rotatable bonds is 4. The Hall–Kier alpha value is -3.05. The summed E-state index contributed by atoms with van der Waals surface area (Å²) in [5.74, 6) is 2.78. The SMILES string of the molecule is Cc1cccc(N=C2NC(=O)/C(=C/c3cc(C)n(-c4ccc(C56CC7CC(CC(C7)C5)C6)cc4)c3C)S2)c1. The number of carbonyl (C=O) groups is 1. The largest absolute Gasteiger partial charge is 0.318 e. The van der Waals surface area contributed by atoms with Gasteiger partial charge in [0.05, 0.1) is 10.6 Å². The van der Waals surface area contributed by atoms with E-state index >= 15 is 0 Å². The van der Waals surface area contributed by atoms with Crippen molar-refractivity contribution in [1.82, 2.24) is 9.88 Å². The van der Waals surface area contributed by atoms with Crippen LogP contribution in [0.5, 0.6) is 0 Å². The Balaban J connectivity index is 1.14. The molecule has 8 rings (SSSR count). The number of hydrogen-bond acceptors (Lipinski definition) is 3. The lowest BCUT2D eigenvalue weighted by molar-refractivity contribution is -0.115. The van der Waals surface area contributed by atoms with Gasteiger partial charge in [0.25, 0.3) is 5.91 Å². The summed E-state index contributed by atoms with van der Waals surface area (Å²) >= 11 is 1.40. The predicted octanol–water partition coefficient (Wildman–Crippen LogP) is 7.76. The van der Waals surface area contributed by atoms with Crippen LogP contribution >= 0.6 is 11.8 Å². The summed E-state index contributed by atoms with van der Waals surface area (Å²) in [5.41, 5.74) is 8.58. The number of aromatic nitrogens is 1. The van der Waals surface area contributed by atoms with Gasteiger partial charge in [-0.25, -0.2) is 4.99 Å². The van der Waals surface area contributed by atoms with Crippen LogP contribution in [0, 0.1) is 38.5 Å². The second-order valence-electron chi connectivity index (χ2n) is 12.2. The third-order valence-corrected chi connectivity index (χ3v) is 10.3. The second kappa shape index (κ2) is 9.01. The zero-order valence-corrected chi connectivity index (χ0v) is 23.3. The Morgan fingerprint density at radius 3 is 2.29 bits per heavy atom. The Labute approximate surface area is 229 Å². The maximum absolute atomic E-state index is 12.7. The van der Waals surface area contributed by atoms with Crippen LogP contribution in [0.25, 0.3) is 11.8 Å². The molecule has 1 aliphatic heterocycles. The molecule has 0 radical (unpaired) electrons. The highest BCUT2D eigenvalue weighted by Crippen LogP contribution is 2.60. The molecule has 1 aromatic heterocycles. The van der Waals surface area contributed by atoms with Gasteiger partial charge >= 0.3 is 0 Å². The summed E-state index contributed by atoms with van der Waals surface area (Å²) in [7, 11) is 0. The van der Waals surface area contributed by atoms with Gasteiger partial charge in [-0.1, -0.05) is 24.3 Å². The molecule has 4 bridgehead atoms. The van der Waals surface area contributed by atoms with Crippen LogP contribution in [0.2, 0.25) is 0 Å². The zero-order valence-electron chi connectivity index (χ0n) is 22.5. The maximum Gasteiger partial charge on any atom is 0.264 e. The van der Waals surface area contributed by atoms with E-state index in [1.807, 2.05) is 37.3 Å². The molecule has 5 fully saturated rings. The van der Waals surface area contributed by atoms with Gasteiger partial charge in [-0.2, -0.15) is 0 Å². The summed E-state index contributed by atoms with van der Waals surface area (Å²) < 4.78 is 2.31. The Kier molecular flexibility index (Phi) is 5.70. The quantitative estimate of drug-likeness (QED) is 0.357. The highest BCUT2D eigenvalue weighted by Gasteiger charge is 2.51. The maximum atomic E-state index is 12.7. The lowest BCUT2D eigenvalue weighted by Crippen LogP contribution is -2.48. The molecule has 4 aliphatic carbocycles. The van der Waals surface area contributed by atoms with E-state index in [-0.39, 0.29) is 5.91 Å². The molecule has 38 heavy (non-hydrogen) atoms. The van der Waals surface area contributed by atoms with E-state index in [1.54, 1.807) is 5.56 Å². The standard InChI is InChI=1S/C33H35N3OS/c1-20-5-4-6-28(11-20)34-32-35-31(37)30(38-32)16-26-12-21(2)36(22(26)3)29-9-7-27(8-10-29)33-17-23-13-24(18-33)15-25(14-23)19-33/h4-12,16,23-25H,13-15,17-19H2,1-3H3,(H,34,35,37)/b30-16-. The zero-order chi connectivity index (χ0) is 26.0. The van der Waals surface area contributed by atoms with Gasteiger partial charge in [0, 0.05) is 17.1 Å². The molecule has 0 unspecified atom stereocenters. The molecule has 0 spiro atoms. The van der Waals surface area contributed by atoms with E-state index in [4.69, 9.17) is 0 Å². The fourth-order valence-corrected chi connectivity index (χ4v) is 9.03. The van der Waals surface area contributed by atoms with Crippen molar-refractivity contribution in [2.45, 2.75) is 64.7 Å². The molecule has 2 heterocycles. The van der Waals surface area contributed by atoms with Gasteiger partial charge in [0.15, 0.2) is 5.17 Å². The molecule has 1 amide bonds. The average molecular weight is 522 g/mol. The number of amidine groups is 1. The van der Waals surface area contributed by atoms with Crippen LogP contribution in [-0.2, 0) is 10.2 Å². The lowest BCUT2D eigenvalue weighted by Gasteiger charge is -2.57. The Bertz CT molecular complexity index is 1460. The normalized spacial score (nSPS) is 30.0. The van der Waals surface area contributed by atoms with Crippen LogP contribution in [0.15, 0.2) is 64.5 Å². The lowest BCUT2D eigenvalue weighted by atomic mass is 9.48. The molecule has 4 saturated carbocycles. The molecule has 4 nitrogen and oxygen atoms in total. The minimum atomic E-state index is -0.0915. The Morgan fingerprint density at radius 2 is 1.63 bits per heavy atom. The van der Waals surface area contributed by atoms with Gasteiger partial charge in [-0.15, -0.1) is 0 Å². The van der Waals surface area contributed by atoms with E-state index < -0.39 is 0 Å². The highest BCUT2D eigenvalue weighted by molar-refractivity contribution is 8.18. The van der Waals surface area contributed by atoms with E-state index in [1.165, 1.54) is 61.7 Å². The number of carbonyl (C=O) groups excluding carboxylic acids is 1. The first-order chi connectivity index (χ1) is 18.3. The molecule has 2 aromatic carbocycles. The molecular weight excluding hydrogens is 486 g/mol. The molecule has 1 N–H and O–H groups in total. The van der Waals surface area contributed by atoms with Gasteiger partial charge < -0.3 is 9.88 Å². The van der Waals surface area contributed by atoms with Gasteiger partial charge in [-0.05, 0) is 147 Å². The number of aliphatic imine (C=N–C) groups is 1. The molecular formula is C33H35N3OS. The average Bonchev–Trinajstić information content (AvgIpc) is 3.35. The number of benzene rings is 2. The first-order valence-electron chi connectivity index (χ1n) is 14.0. The molecule has 1 saturated heterocycles. The number of nitrogens with zero attached hydrogens (tertiary/aromatic N) is 2. The minimum absolute atomic E-state index is 0.0915. The molecule has 3 aromatic rings. The summed E-state index contributed by atoms with van der Waals surface area (Å²) in [4.78, 5) is 18.0. The fraction of sp³-hybridized carbons (Fsp3) is 0.394. The predicted molar refractivity (Wildman–Crippen MR) is 157 cm³/mol. The first-order valence-corrected chi connectivity index (χ1v) is 14.8. The van der Waals surface area contributed by atoms with Crippen LogP contribution in [-0.4, -0.2) is 15.6 Å². The van der Waals surface area contributed by atoms with Crippen molar-refractivity contribution in [3.8, 4) is 5.69 Å². The Morgan fingerprint density at radius 1 is 0.947 bits per heavy atom. The topological polar surface area (TPSA) is 46.4 Å². The van der Waals surface area contributed by atoms with E-state index in [2.05, 4.69) is 59.1 Å². The number of amides is 1. The van der Waals surface area contributed by atoms with Crippen molar-refractivity contribution in [1.29, 1.82) is 0 Å². The van der Waals surface area contributed by atoms with Crippen molar-refractivity contribution in [3.63, 3.8) is 0 Å². The number of nitrogens with one attached hydrogen (secondary N) is 1. The van der Waals surface area contributed by atoms with Crippen LogP contribution < -0.4 is 5.32 Å². The van der Waals surface area contributed by atoms with Crippen molar-refractivity contribution in [3.05, 3.63) is 87.6 Å². The smallest absolute Gasteiger partial charge is 0.264 e. The van der Waals surface area contributed by atoms with E-state index in [0.29, 0.717) is 15.5 Å². The number of hydrogen-bond donors (Lipinski definition) is 1. The fourth-order valence-electron chi connectivity index (χ4n) is 8.20. The summed E-state index contributed by atoms with van der Waals surface area (Å²) in [5, 5.41) is 3.55. The van der Waals surface area contributed by atoms with E-state index in [9.17, 15) is 4.79 Å². The first kappa shape index (κ1) is 24.0. The van der Waals surface area contributed by atoms with Gasteiger partial charge in [0.2, 0.25) is 0 Å². The third kappa shape index (κ3) is 4.16. The second-order valence-corrected chi connectivity index (χ2v) is 13.3. The monoisotopic (exact) mass is 521 g/mol. The van der Waals surface area contributed by atoms with Gasteiger partial charge in [-0.3, -0.25) is 4.79 Å². The van der Waals surface area contributed by atoms with Crippen molar-refractivity contribution in [2.24, 2.45) is 22.7 Å². The van der Waals surface area contributed by atoms with Crippen LogP contribution in [0.3, 0.4) is 0 Å². The summed E-state index contributed by atoms with van der Waals surface area (Å²) in [6, 6.07) is 19.6. The van der Waals surface area contributed by atoms with Crippen molar-refractivity contribution < 1.29 is 4.79 Å². The highest BCUT2D eigenvalue weighted by atomic mass is 32.2. The third-order valence-electron chi connectivity index (χ3n) is 9.42. The number of aryl methyl sites for hydroxylation is 2. The minimum Gasteiger partial charge on any atom is -0.318 e. The van der Waals surface area contributed by atoms with Crippen molar-refractivity contribution in [2.75, 3.05) is 0 Å². The molecule has 194 valence electrons. The number of thioether (sulfide) groups is 1. The summed E-state index contributed by atoms with van der Waals surface area (Å²) in [6.07, 6.45) is 10.6. The van der Waals surface area contributed by atoms with Crippen molar-refractivity contribution >= 4 is 34.6 Å². The van der Waals surface area contributed by atoms with Crippen LogP contribution in [0.4, 0.5) is 5.69 Å². The van der Waals surface area contributed by atoms with Gasteiger partial charge in [0.1, 0.15) is 0 Å².